The first kappa shape index (κ1) is 19.3. The summed E-state index contributed by atoms with van der Waals surface area (Å²) in [5.74, 6) is 0.674. The van der Waals surface area contributed by atoms with Crippen molar-refractivity contribution in [2.45, 2.75) is 13.0 Å². The first-order valence-corrected chi connectivity index (χ1v) is 8.86. The fourth-order valence-electron chi connectivity index (χ4n) is 2.57. The molecular formula is C21H21FN4O2. The predicted octanol–water partition coefficient (Wildman–Crippen LogP) is 3.21. The molecule has 144 valence electrons. The number of halogens is 1. The van der Waals surface area contributed by atoms with Crippen LogP contribution in [0, 0.1) is 5.82 Å². The molecule has 0 aliphatic carbocycles. The van der Waals surface area contributed by atoms with E-state index in [2.05, 4.69) is 20.6 Å². The molecule has 7 heteroatoms. The zero-order valence-electron chi connectivity index (χ0n) is 15.5. The van der Waals surface area contributed by atoms with Gasteiger partial charge >= 0.3 is 0 Å². The number of aromatic nitrogens is 2. The van der Waals surface area contributed by atoms with E-state index in [0.717, 1.165) is 11.3 Å². The van der Waals surface area contributed by atoms with Crippen LogP contribution in [0.15, 0.2) is 60.9 Å². The van der Waals surface area contributed by atoms with E-state index < -0.39 is 0 Å². The Morgan fingerprint density at radius 1 is 1.07 bits per heavy atom. The molecule has 0 spiro atoms. The van der Waals surface area contributed by atoms with Crippen molar-refractivity contribution >= 4 is 11.9 Å². The van der Waals surface area contributed by atoms with Gasteiger partial charge in [-0.1, -0.05) is 30.3 Å². The van der Waals surface area contributed by atoms with Gasteiger partial charge in [0.1, 0.15) is 11.6 Å². The van der Waals surface area contributed by atoms with E-state index in [-0.39, 0.29) is 11.7 Å². The quantitative estimate of drug-likeness (QED) is 0.628. The maximum Gasteiger partial charge on any atom is 0.254 e. The van der Waals surface area contributed by atoms with Gasteiger partial charge in [0.25, 0.3) is 5.91 Å². The molecule has 0 aliphatic rings. The number of nitrogens with one attached hydrogen (secondary N) is 2. The lowest BCUT2D eigenvalue weighted by molar-refractivity contribution is 0.0950. The van der Waals surface area contributed by atoms with Crippen molar-refractivity contribution in [3.05, 3.63) is 83.4 Å². The number of amides is 1. The monoisotopic (exact) mass is 380 g/mol. The van der Waals surface area contributed by atoms with Gasteiger partial charge in [0.05, 0.1) is 12.7 Å². The summed E-state index contributed by atoms with van der Waals surface area (Å²) in [4.78, 5) is 20.5. The second-order valence-corrected chi connectivity index (χ2v) is 6.09. The van der Waals surface area contributed by atoms with Crippen LogP contribution in [0.2, 0.25) is 0 Å². The van der Waals surface area contributed by atoms with Crippen molar-refractivity contribution in [1.29, 1.82) is 0 Å². The SMILES string of the molecule is COc1ccc(CNC(=O)c2cnc(NCCc3ccccc3F)nc2)cc1. The van der Waals surface area contributed by atoms with Crippen molar-refractivity contribution < 1.29 is 13.9 Å². The summed E-state index contributed by atoms with van der Waals surface area (Å²) in [6.45, 7) is 0.884. The van der Waals surface area contributed by atoms with E-state index in [4.69, 9.17) is 4.74 Å². The van der Waals surface area contributed by atoms with Gasteiger partial charge in [-0.3, -0.25) is 4.79 Å². The number of nitrogens with zero attached hydrogens (tertiary/aromatic N) is 2. The van der Waals surface area contributed by atoms with Crippen LogP contribution in [0.25, 0.3) is 0 Å². The number of ether oxygens (including phenoxy) is 1. The molecule has 0 saturated heterocycles. The van der Waals surface area contributed by atoms with Crippen LogP contribution in [0.3, 0.4) is 0 Å². The van der Waals surface area contributed by atoms with Gasteiger partial charge in [-0.05, 0) is 35.7 Å². The molecule has 1 aromatic heterocycles. The normalized spacial score (nSPS) is 10.4. The van der Waals surface area contributed by atoms with Gasteiger partial charge in [0.15, 0.2) is 0 Å². The molecule has 0 unspecified atom stereocenters. The number of carbonyl (C=O) groups is 1. The molecule has 0 aliphatic heterocycles. The molecule has 0 radical (unpaired) electrons. The molecule has 6 nitrogen and oxygen atoms in total. The molecule has 28 heavy (non-hydrogen) atoms. The standard InChI is InChI=1S/C21H21FN4O2/c1-28-18-8-6-15(7-9-18)12-24-20(27)17-13-25-21(26-14-17)23-11-10-16-4-2-3-5-19(16)22/h2-9,13-14H,10-12H2,1H3,(H,24,27)(H,23,25,26). The minimum Gasteiger partial charge on any atom is -0.497 e. The Bertz CT molecular complexity index is 914. The number of anilines is 1. The van der Waals surface area contributed by atoms with Gasteiger partial charge in [-0.15, -0.1) is 0 Å². The summed E-state index contributed by atoms with van der Waals surface area (Å²) in [5, 5.41) is 5.84. The third kappa shape index (κ3) is 5.26. The van der Waals surface area contributed by atoms with Crippen LogP contribution in [-0.4, -0.2) is 29.5 Å². The summed E-state index contributed by atoms with van der Waals surface area (Å²) < 4.78 is 18.7. The molecule has 1 heterocycles. The molecule has 2 aromatic carbocycles. The second-order valence-electron chi connectivity index (χ2n) is 6.09. The molecule has 2 N–H and O–H groups in total. The van der Waals surface area contributed by atoms with Crippen molar-refractivity contribution in [3.63, 3.8) is 0 Å². The molecule has 3 aromatic rings. The third-order valence-corrected chi connectivity index (χ3v) is 4.16. The zero-order chi connectivity index (χ0) is 19.8. The number of carbonyl (C=O) groups excluding carboxylic acids is 1. The zero-order valence-corrected chi connectivity index (χ0v) is 15.5. The van der Waals surface area contributed by atoms with Gasteiger partial charge in [0.2, 0.25) is 5.95 Å². The Hall–Kier alpha value is -3.48. The highest BCUT2D eigenvalue weighted by Crippen LogP contribution is 2.11. The third-order valence-electron chi connectivity index (χ3n) is 4.16. The van der Waals surface area contributed by atoms with E-state index in [0.29, 0.717) is 36.6 Å². The van der Waals surface area contributed by atoms with Crippen LogP contribution in [0.5, 0.6) is 5.75 Å². The fraction of sp³-hybridized carbons (Fsp3) is 0.190. The van der Waals surface area contributed by atoms with Crippen LogP contribution in [0.4, 0.5) is 10.3 Å². The molecule has 3 rings (SSSR count). The number of methoxy groups -OCH3 is 1. The molecule has 0 fully saturated rings. The Kier molecular flexibility index (Phi) is 6.51. The Morgan fingerprint density at radius 3 is 2.46 bits per heavy atom. The first-order valence-electron chi connectivity index (χ1n) is 8.86. The van der Waals surface area contributed by atoms with Gasteiger partial charge in [0, 0.05) is 25.5 Å². The summed E-state index contributed by atoms with van der Waals surface area (Å²) in [5.41, 5.74) is 1.96. The summed E-state index contributed by atoms with van der Waals surface area (Å²) >= 11 is 0. The molecule has 0 atom stereocenters. The van der Waals surface area contributed by atoms with Crippen LogP contribution in [0.1, 0.15) is 21.5 Å². The minimum absolute atomic E-state index is 0.228. The van der Waals surface area contributed by atoms with Gasteiger partial charge < -0.3 is 15.4 Å². The van der Waals surface area contributed by atoms with Crippen molar-refractivity contribution in [3.8, 4) is 5.75 Å². The minimum atomic E-state index is -0.256. The average molecular weight is 380 g/mol. The predicted molar refractivity (Wildman–Crippen MR) is 105 cm³/mol. The number of hydrogen-bond donors (Lipinski definition) is 2. The maximum absolute atomic E-state index is 13.6. The molecular weight excluding hydrogens is 359 g/mol. The Labute approximate surface area is 162 Å². The van der Waals surface area contributed by atoms with Crippen LogP contribution in [-0.2, 0) is 13.0 Å². The molecule has 1 amide bonds. The van der Waals surface area contributed by atoms with Crippen LogP contribution >= 0.6 is 0 Å². The summed E-state index contributed by atoms with van der Waals surface area (Å²) in [6, 6.07) is 14.1. The Balaban J connectivity index is 1.47. The summed E-state index contributed by atoms with van der Waals surface area (Å²) in [7, 11) is 1.61. The van der Waals surface area contributed by atoms with E-state index >= 15 is 0 Å². The van der Waals surface area contributed by atoms with Crippen molar-refractivity contribution in [2.24, 2.45) is 0 Å². The van der Waals surface area contributed by atoms with Crippen molar-refractivity contribution in [1.82, 2.24) is 15.3 Å². The largest absolute Gasteiger partial charge is 0.497 e. The second kappa shape index (κ2) is 9.45. The first-order chi connectivity index (χ1) is 13.7. The summed E-state index contributed by atoms with van der Waals surface area (Å²) in [6.07, 6.45) is 3.43. The lowest BCUT2D eigenvalue weighted by Crippen LogP contribution is -2.23. The molecule has 0 bridgehead atoms. The number of rotatable bonds is 8. The fourth-order valence-corrected chi connectivity index (χ4v) is 2.57. The van der Waals surface area contributed by atoms with E-state index in [1.807, 2.05) is 24.3 Å². The van der Waals surface area contributed by atoms with E-state index in [9.17, 15) is 9.18 Å². The topological polar surface area (TPSA) is 76.1 Å². The highest BCUT2D eigenvalue weighted by atomic mass is 19.1. The van der Waals surface area contributed by atoms with Crippen LogP contribution < -0.4 is 15.4 Å². The van der Waals surface area contributed by atoms with E-state index in [1.54, 1.807) is 25.3 Å². The van der Waals surface area contributed by atoms with Gasteiger partial charge in [-0.25, -0.2) is 14.4 Å². The highest BCUT2D eigenvalue weighted by molar-refractivity contribution is 5.93. The van der Waals surface area contributed by atoms with Gasteiger partial charge in [-0.2, -0.15) is 0 Å². The highest BCUT2D eigenvalue weighted by Gasteiger charge is 2.07. The molecule has 0 saturated carbocycles. The lowest BCUT2D eigenvalue weighted by Gasteiger charge is -2.08. The van der Waals surface area contributed by atoms with Crippen molar-refractivity contribution in [2.75, 3.05) is 19.0 Å². The number of benzene rings is 2. The number of hydrogen-bond acceptors (Lipinski definition) is 5. The Morgan fingerprint density at radius 2 is 1.79 bits per heavy atom. The lowest BCUT2D eigenvalue weighted by atomic mass is 10.1. The average Bonchev–Trinajstić information content (AvgIpc) is 2.74. The van der Waals surface area contributed by atoms with E-state index in [1.165, 1.54) is 18.5 Å². The smallest absolute Gasteiger partial charge is 0.254 e. The maximum atomic E-state index is 13.6.